The van der Waals surface area contributed by atoms with Crippen molar-refractivity contribution in [3.63, 3.8) is 0 Å². The number of halogens is 3. The molecule has 0 radical (unpaired) electrons. The zero-order chi connectivity index (χ0) is 15.2. The lowest BCUT2D eigenvalue weighted by Gasteiger charge is -2.16. The van der Waals surface area contributed by atoms with Crippen LogP contribution in [0, 0.1) is 13.3 Å². The Balaban J connectivity index is 3.02. The summed E-state index contributed by atoms with van der Waals surface area (Å²) in [4.78, 5) is 11.7. The highest BCUT2D eigenvalue weighted by atomic mass is 32.2. The highest BCUT2D eigenvalue weighted by molar-refractivity contribution is 7.77. The predicted molar refractivity (Wildman–Crippen MR) is 76.5 cm³/mol. The number of nitrogens with zero attached hydrogens (tertiary/aromatic N) is 2. The Bertz CT molecular complexity index is 749. The van der Waals surface area contributed by atoms with E-state index in [2.05, 4.69) is 0 Å². The number of hydrogen-bond donors (Lipinski definition) is 0. The first-order valence-corrected chi connectivity index (χ1v) is 7.16. The predicted octanol–water partition coefficient (Wildman–Crippen LogP) is 4.69. The van der Waals surface area contributed by atoms with E-state index in [0.29, 0.717) is 9.20 Å². The fourth-order valence-electron chi connectivity index (χ4n) is 1.78. The van der Waals surface area contributed by atoms with E-state index in [4.69, 9.17) is 12.2 Å². The van der Waals surface area contributed by atoms with Gasteiger partial charge in [0.25, 0.3) is 5.69 Å². The van der Waals surface area contributed by atoms with E-state index in [1.807, 2.05) is 0 Å². The fraction of sp³-hybridized carbons (Fsp3) is 0.300. The molecule has 0 aliphatic heterocycles. The van der Waals surface area contributed by atoms with E-state index in [-0.39, 0.29) is 15.1 Å². The van der Waals surface area contributed by atoms with E-state index in [1.54, 1.807) is 14.1 Å². The lowest BCUT2D eigenvalue weighted by molar-refractivity contribution is -0.384. The van der Waals surface area contributed by atoms with Gasteiger partial charge in [0, 0.05) is 20.2 Å². The van der Waals surface area contributed by atoms with Gasteiger partial charge in [-0.1, -0.05) is 12.2 Å². The number of nitro benzene ring substituents is 1. The third-order valence-electron chi connectivity index (χ3n) is 2.51. The molecule has 10 heteroatoms. The van der Waals surface area contributed by atoms with Gasteiger partial charge in [-0.3, -0.25) is 10.1 Å². The average Bonchev–Trinajstić information content (AvgIpc) is 2.65. The van der Waals surface area contributed by atoms with Crippen LogP contribution >= 0.6 is 34.9 Å². The molecule has 20 heavy (non-hydrogen) atoms. The van der Waals surface area contributed by atoms with Gasteiger partial charge in [-0.25, -0.2) is 0 Å². The topological polar surface area (TPSA) is 46.4 Å². The lowest BCUT2D eigenvalue weighted by Crippen LogP contribution is -2.13. The second-order valence-electron chi connectivity index (χ2n) is 4.05. The maximum atomic E-state index is 13.0. The first-order valence-electron chi connectivity index (χ1n) is 5.12. The molecule has 0 atom stereocenters. The van der Waals surface area contributed by atoms with E-state index in [1.165, 1.54) is 4.90 Å². The fourth-order valence-corrected chi connectivity index (χ4v) is 4.59. The summed E-state index contributed by atoms with van der Waals surface area (Å²) < 4.78 is 39.6. The molecular formula is C10H7F3N2O2S3. The molecule has 1 heterocycles. The van der Waals surface area contributed by atoms with Crippen molar-refractivity contribution in [1.29, 1.82) is 0 Å². The van der Waals surface area contributed by atoms with Crippen molar-refractivity contribution in [1.82, 2.24) is 0 Å². The van der Waals surface area contributed by atoms with Crippen LogP contribution in [0.1, 0.15) is 5.56 Å². The Hall–Kier alpha value is -1.26. The Morgan fingerprint density at radius 2 is 1.85 bits per heavy atom. The van der Waals surface area contributed by atoms with Gasteiger partial charge in [-0.05, 0) is 0 Å². The van der Waals surface area contributed by atoms with Crippen LogP contribution < -0.4 is 4.90 Å². The van der Waals surface area contributed by atoms with Crippen molar-refractivity contribution in [2.75, 3.05) is 19.0 Å². The van der Waals surface area contributed by atoms with Crippen molar-refractivity contribution < 1.29 is 18.1 Å². The molecule has 0 N–H and O–H groups in total. The summed E-state index contributed by atoms with van der Waals surface area (Å²) >= 11 is 6.71. The smallest absolute Gasteiger partial charge is 0.371 e. The first kappa shape index (κ1) is 15.1. The third kappa shape index (κ3) is 2.50. The molecule has 0 amide bonds. The molecule has 2 rings (SSSR count). The summed E-state index contributed by atoms with van der Waals surface area (Å²) in [6.07, 6.45) is -4.66. The lowest BCUT2D eigenvalue weighted by atomic mass is 10.1. The standard InChI is InChI=1S/C10H7F3N2O2S3/c1-14(2)6-5(15(16)17)3-4(10(11,12)13)7-8(6)20-9(18)19-7/h3H,1-2H3. The molecule has 4 nitrogen and oxygen atoms in total. The number of benzene rings is 1. The molecule has 108 valence electrons. The van der Waals surface area contributed by atoms with Gasteiger partial charge in [-0.2, -0.15) is 13.2 Å². The molecule has 0 aliphatic rings. The molecule has 0 spiro atoms. The van der Waals surface area contributed by atoms with Gasteiger partial charge < -0.3 is 4.90 Å². The second kappa shape index (κ2) is 4.93. The summed E-state index contributed by atoms with van der Waals surface area (Å²) in [6.45, 7) is 0. The summed E-state index contributed by atoms with van der Waals surface area (Å²) in [7, 11) is 3.09. The van der Waals surface area contributed by atoms with Gasteiger partial charge >= 0.3 is 6.18 Å². The van der Waals surface area contributed by atoms with E-state index >= 15 is 0 Å². The van der Waals surface area contributed by atoms with Crippen LogP contribution in [0.5, 0.6) is 0 Å². The largest absolute Gasteiger partial charge is 0.418 e. The van der Waals surface area contributed by atoms with Crippen molar-refractivity contribution in [2.24, 2.45) is 0 Å². The normalized spacial score (nSPS) is 11.8. The summed E-state index contributed by atoms with van der Waals surface area (Å²) in [5.41, 5.74) is -1.43. The van der Waals surface area contributed by atoms with Crippen molar-refractivity contribution >= 4 is 55.7 Å². The second-order valence-corrected chi connectivity index (χ2v) is 7.28. The molecule has 0 unspecified atom stereocenters. The first-order chi connectivity index (χ1) is 9.12. The van der Waals surface area contributed by atoms with E-state index in [9.17, 15) is 23.3 Å². The number of alkyl halides is 3. The zero-order valence-electron chi connectivity index (χ0n) is 10.1. The molecule has 0 saturated heterocycles. The molecule has 0 bridgehead atoms. The number of hydrogen-bond acceptors (Lipinski definition) is 6. The number of anilines is 1. The summed E-state index contributed by atoms with van der Waals surface area (Å²) in [6, 6.07) is 0.579. The van der Waals surface area contributed by atoms with Crippen molar-refractivity contribution in [2.45, 2.75) is 6.18 Å². The Labute approximate surface area is 124 Å². The maximum absolute atomic E-state index is 13.0. The van der Waals surface area contributed by atoms with Gasteiger partial charge in [0.1, 0.15) is 8.82 Å². The minimum absolute atomic E-state index is 0.0539. The average molecular weight is 340 g/mol. The number of rotatable bonds is 2. The molecular weight excluding hydrogens is 333 g/mol. The zero-order valence-corrected chi connectivity index (χ0v) is 12.6. The maximum Gasteiger partial charge on any atom is 0.418 e. The molecule has 0 aliphatic carbocycles. The highest BCUT2D eigenvalue weighted by Gasteiger charge is 2.37. The minimum atomic E-state index is -4.66. The number of nitro groups is 1. The minimum Gasteiger partial charge on any atom is -0.371 e. The Kier molecular flexibility index (Phi) is 3.73. The van der Waals surface area contributed by atoms with E-state index < -0.39 is 22.4 Å². The molecule has 1 aromatic heterocycles. The summed E-state index contributed by atoms with van der Waals surface area (Å²) in [5, 5.41) is 11.0. The SMILES string of the molecule is CN(C)c1c([N+](=O)[O-])cc(C(F)(F)F)c2sc(=S)sc12. The van der Waals surface area contributed by atoms with Gasteiger partial charge in [-0.15, -0.1) is 22.7 Å². The van der Waals surface area contributed by atoms with Crippen molar-refractivity contribution in [3.8, 4) is 0 Å². The number of fused-ring (bicyclic) bond motifs is 1. The van der Waals surface area contributed by atoms with Crippen LogP contribution in [0.25, 0.3) is 9.40 Å². The Morgan fingerprint density at radius 1 is 1.30 bits per heavy atom. The van der Waals surface area contributed by atoms with E-state index in [0.717, 1.165) is 22.7 Å². The third-order valence-corrected chi connectivity index (χ3v) is 5.20. The van der Waals surface area contributed by atoms with Crippen LogP contribution in [-0.2, 0) is 6.18 Å². The highest BCUT2D eigenvalue weighted by Crippen LogP contribution is 2.47. The van der Waals surface area contributed by atoms with Crippen LogP contribution in [0.15, 0.2) is 6.07 Å². The van der Waals surface area contributed by atoms with Crippen LogP contribution in [0.2, 0.25) is 0 Å². The Morgan fingerprint density at radius 3 is 2.30 bits per heavy atom. The van der Waals surface area contributed by atoms with Crippen molar-refractivity contribution in [3.05, 3.63) is 24.9 Å². The van der Waals surface area contributed by atoms with Crippen LogP contribution in [-0.4, -0.2) is 19.0 Å². The molecule has 0 saturated carbocycles. The molecule has 0 fully saturated rings. The molecule has 1 aromatic carbocycles. The quantitative estimate of drug-likeness (QED) is 0.452. The van der Waals surface area contributed by atoms with Gasteiger partial charge in [0.05, 0.1) is 19.9 Å². The van der Waals surface area contributed by atoms with Crippen LogP contribution in [0.3, 0.4) is 0 Å². The summed E-state index contributed by atoms with van der Waals surface area (Å²) in [5.74, 6) is 0. The molecule has 2 aromatic rings. The van der Waals surface area contributed by atoms with Gasteiger partial charge in [0.15, 0.2) is 0 Å². The van der Waals surface area contributed by atoms with Gasteiger partial charge in [0.2, 0.25) is 0 Å². The monoisotopic (exact) mass is 340 g/mol. The van der Waals surface area contributed by atoms with Crippen LogP contribution in [0.4, 0.5) is 24.5 Å².